The summed E-state index contributed by atoms with van der Waals surface area (Å²) >= 11 is 1.55. The Bertz CT molecular complexity index is 534. The van der Waals surface area contributed by atoms with Crippen LogP contribution in [0.4, 0.5) is 5.69 Å². The quantitative estimate of drug-likeness (QED) is 0.494. The maximum Gasteiger partial charge on any atom is 0.273 e. The minimum Gasteiger partial charge on any atom is -0.398 e. The Morgan fingerprint density at radius 1 is 1.29 bits per heavy atom. The summed E-state index contributed by atoms with van der Waals surface area (Å²) in [4.78, 5) is 12.7. The molecule has 0 fully saturated rings. The lowest BCUT2D eigenvalue weighted by Crippen LogP contribution is -2.18. The van der Waals surface area contributed by atoms with Gasteiger partial charge in [-0.2, -0.15) is 5.10 Å². The van der Waals surface area contributed by atoms with E-state index in [4.69, 9.17) is 5.73 Å². The highest BCUT2D eigenvalue weighted by atomic mass is 32.1. The van der Waals surface area contributed by atoms with Crippen LogP contribution in [0.3, 0.4) is 0 Å². The Kier molecular flexibility index (Phi) is 3.52. The second-order valence-electron chi connectivity index (χ2n) is 3.30. The average Bonchev–Trinajstić information content (AvgIpc) is 2.82. The fraction of sp³-hybridized carbons (Fsp3) is 0. The van der Waals surface area contributed by atoms with E-state index in [-0.39, 0.29) is 5.91 Å². The number of anilines is 1. The van der Waals surface area contributed by atoms with E-state index in [1.807, 2.05) is 17.5 Å². The molecule has 1 aromatic heterocycles. The number of rotatable bonds is 3. The number of carbonyl (C=O) groups excluding carboxylic acids is 1. The molecule has 0 atom stereocenters. The van der Waals surface area contributed by atoms with E-state index in [2.05, 4.69) is 10.5 Å². The van der Waals surface area contributed by atoms with Crippen LogP contribution in [0.1, 0.15) is 15.2 Å². The van der Waals surface area contributed by atoms with Crippen molar-refractivity contribution in [3.05, 3.63) is 52.2 Å². The van der Waals surface area contributed by atoms with Crippen molar-refractivity contribution in [1.29, 1.82) is 0 Å². The van der Waals surface area contributed by atoms with Gasteiger partial charge in [-0.05, 0) is 23.6 Å². The molecule has 0 spiro atoms. The van der Waals surface area contributed by atoms with Gasteiger partial charge in [0, 0.05) is 10.6 Å². The van der Waals surface area contributed by atoms with Gasteiger partial charge >= 0.3 is 0 Å². The third-order valence-electron chi connectivity index (χ3n) is 2.11. The molecular formula is C12H11N3OS. The van der Waals surface area contributed by atoms with Crippen molar-refractivity contribution in [2.24, 2.45) is 5.10 Å². The normalized spacial score (nSPS) is 10.6. The highest BCUT2D eigenvalue weighted by molar-refractivity contribution is 7.11. The van der Waals surface area contributed by atoms with Gasteiger partial charge in [0.1, 0.15) is 0 Å². The Morgan fingerprint density at radius 2 is 2.12 bits per heavy atom. The molecule has 86 valence electrons. The number of nitrogens with one attached hydrogen (secondary N) is 1. The number of hydrogen-bond acceptors (Lipinski definition) is 4. The largest absolute Gasteiger partial charge is 0.398 e. The molecule has 0 saturated carbocycles. The molecule has 17 heavy (non-hydrogen) atoms. The molecule has 2 rings (SSSR count). The summed E-state index contributed by atoms with van der Waals surface area (Å²) in [6.45, 7) is 0. The van der Waals surface area contributed by atoms with Crippen molar-refractivity contribution in [3.63, 3.8) is 0 Å². The molecule has 1 heterocycles. The number of hydrogen-bond donors (Lipinski definition) is 2. The summed E-state index contributed by atoms with van der Waals surface area (Å²) in [6.07, 6.45) is 1.60. The van der Waals surface area contributed by atoms with E-state index in [1.54, 1.807) is 41.8 Å². The SMILES string of the molecule is Nc1ccccc1C(=O)NN=Cc1cccs1. The molecule has 0 radical (unpaired) electrons. The summed E-state index contributed by atoms with van der Waals surface area (Å²) in [5.41, 5.74) is 8.98. The number of thiophene rings is 1. The van der Waals surface area contributed by atoms with E-state index in [0.29, 0.717) is 11.3 Å². The third kappa shape index (κ3) is 2.92. The number of hydrazone groups is 1. The van der Waals surface area contributed by atoms with Gasteiger partial charge in [-0.25, -0.2) is 5.43 Å². The smallest absolute Gasteiger partial charge is 0.273 e. The van der Waals surface area contributed by atoms with Crippen LogP contribution in [0, 0.1) is 0 Å². The zero-order valence-corrected chi connectivity index (χ0v) is 9.78. The molecule has 1 aromatic carbocycles. The zero-order chi connectivity index (χ0) is 12.1. The highest BCUT2D eigenvalue weighted by Gasteiger charge is 2.06. The van der Waals surface area contributed by atoms with Gasteiger partial charge in [-0.15, -0.1) is 11.3 Å². The van der Waals surface area contributed by atoms with Crippen molar-refractivity contribution in [2.75, 3.05) is 5.73 Å². The Morgan fingerprint density at radius 3 is 2.82 bits per heavy atom. The molecular weight excluding hydrogens is 234 g/mol. The first-order chi connectivity index (χ1) is 8.27. The molecule has 0 aliphatic carbocycles. The van der Waals surface area contributed by atoms with Crippen LogP contribution in [0.25, 0.3) is 0 Å². The number of carbonyl (C=O) groups is 1. The number of nitrogens with zero attached hydrogens (tertiary/aromatic N) is 1. The van der Waals surface area contributed by atoms with Crippen molar-refractivity contribution < 1.29 is 4.79 Å². The molecule has 5 heteroatoms. The Balaban J connectivity index is 2.01. The van der Waals surface area contributed by atoms with Gasteiger partial charge in [0.15, 0.2) is 0 Å². The first-order valence-electron chi connectivity index (χ1n) is 4.99. The minimum absolute atomic E-state index is 0.309. The maximum atomic E-state index is 11.7. The standard InChI is InChI=1S/C12H11N3OS/c13-11-6-2-1-5-10(11)12(16)15-14-8-9-4-3-7-17-9/h1-8H,13H2,(H,15,16). The molecule has 0 aliphatic rings. The fourth-order valence-corrected chi connectivity index (χ4v) is 1.87. The van der Waals surface area contributed by atoms with Gasteiger partial charge < -0.3 is 5.73 Å². The second kappa shape index (κ2) is 5.27. The lowest BCUT2D eigenvalue weighted by molar-refractivity contribution is 0.0956. The van der Waals surface area contributed by atoms with Gasteiger partial charge in [0.25, 0.3) is 5.91 Å². The second-order valence-corrected chi connectivity index (χ2v) is 4.28. The van der Waals surface area contributed by atoms with Crippen LogP contribution in [0.15, 0.2) is 46.9 Å². The van der Waals surface area contributed by atoms with E-state index in [0.717, 1.165) is 4.88 Å². The topological polar surface area (TPSA) is 67.5 Å². The Labute approximate surface area is 103 Å². The molecule has 0 saturated heterocycles. The molecule has 0 bridgehead atoms. The number of amides is 1. The van der Waals surface area contributed by atoms with Gasteiger partial charge in [-0.1, -0.05) is 18.2 Å². The van der Waals surface area contributed by atoms with Crippen molar-refractivity contribution >= 4 is 29.1 Å². The first-order valence-corrected chi connectivity index (χ1v) is 5.87. The van der Waals surface area contributed by atoms with Crippen LogP contribution < -0.4 is 11.2 Å². The van der Waals surface area contributed by atoms with Crippen molar-refractivity contribution in [1.82, 2.24) is 5.43 Å². The monoisotopic (exact) mass is 245 g/mol. The Hall–Kier alpha value is -2.14. The first kappa shape index (κ1) is 11.3. The lowest BCUT2D eigenvalue weighted by atomic mass is 10.2. The van der Waals surface area contributed by atoms with E-state index in [1.165, 1.54) is 0 Å². The summed E-state index contributed by atoms with van der Waals surface area (Å²) in [5.74, 6) is -0.309. The van der Waals surface area contributed by atoms with E-state index in [9.17, 15) is 4.79 Å². The molecule has 3 N–H and O–H groups in total. The number of benzene rings is 1. The van der Waals surface area contributed by atoms with E-state index < -0.39 is 0 Å². The molecule has 4 nitrogen and oxygen atoms in total. The molecule has 1 amide bonds. The van der Waals surface area contributed by atoms with Gasteiger partial charge in [0.05, 0.1) is 11.8 Å². The predicted octanol–water partition coefficient (Wildman–Crippen LogP) is 2.09. The van der Waals surface area contributed by atoms with Crippen molar-refractivity contribution in [2.45, 2.75) is 0 Å². The zero-order valence-electron chi connectivity index (χ0n) is 8.96. The number of para-hydroxylation sites is 1. The van der Waals surface area contributed by atoms with Crippen LogP contribution in [-0.2, 0) is 0 Å². The van der Waals surface area contributed by atoms with Crippen LogP contribution >= 0.6 is 11.3 Å². The minimum atomic E-state index is -0.309. The average molecular weight is 245 g/mol. The maximum absolute atomic E-state index is 11.7. The number of nitrogen functional groups attached to an aromatic ring is 1. The van der Waals surface area contributed by atoms with Gasteiger partial charge in [0.2, 0.25) is 0 Å². The predicted molar refractivity (Wildman–Crippen MR) is 70.2 cm³/mol. The number of nitrogens with two attached hydrogens (primary N) is 1. The van der Waals surface area contributed by atoms with Crippen molar-refractivity contribution in [3.8, 4) is 0 Å². The van der Waals surface area contributed by atoms with Gasteiger partial charge in [-0.3, -0.25) is 4.79 Å². The summed E-state index contributed by atoms with van der Waals surface area (Å²) in [6, 6.07) is 10.7. The summed E-state index contributed by atoms with van der Waals surface area (Å²) in [5, 5.41) is 5.80. The fourth-order valence-electron chi connectivity index (χ4n) is 1.28. The van der Waals surface area contributed by atoms with Crippen LogP contribution in [-0.4, -0.2) is 12.1 Å². The third-order valence-corrected chi connectivity index (χ3v) is 2.91. The molecule has 0 unspecified atom stereocenters. The molecule has 2 aromatic rings. The van der Waals surface area contributed by atoms with Crippen LogP contribution in [0.5, 0.6) is 0 Å². The lowest BCUT2D eigenvalue weighted by Gasteiger charge is -2.02. The van der Waals surface area contributed by atoms with E-state index >= 15 is 0 Å². The highest BCUT2D eigenvalue weighted by Crippen LogP contribution is 2.09. The summed E-state index contributed by atoms with van der Waals surface area (Å²) < 4.78 is 0. The summed E-state index contributed by atoms with van der Waals surface area (Å²) in [7, 11) is 0. The molecule has 0 aliphatic heterocycles. The van der Waals surface area contributed by atoms with Crippen LogP contribution in [0.2, 0.25) is 0 Å².